The Bertz CT molecular complexity index is 394. The van der Waals surface area contributed by atoms with Crippen molar-refractivity contribution in [1.82, 2.24) is 9.80 Å². The summed E-state index contributed by atoms with van der Waals surface area (Å²) in [5.41, 5.74) is -0.747. The number of nitrogens with zero attached hydrogens (tertiary/aromatic N) is 2. The smallest absolute Gasteiger partial charge is 0.410 e. The summed E-state index contributed by atoms with van der Waals surface area (Å²) in [7, 11) is 0. The van der Waals surface area contributed by atoms with Crippen LogP contribution >= 0.6 is 0 Å². The molecule has 1 fully saturated rings. The fraction of sp³-hybridized carbons (Fsp3) is 0.800. The molecule has 5 nitrogen and oxygen atoms in total. The number of carbonyl (C=O) groups excluding carboxylic acids is 1. The summed E-state index contributed by atoms with van der Waals surface area (Å²) in [6, 6.07) is 0. The fourth-order valence-corrected chi connectivity index (χ4v) is 2.11. The molecule has 1 N–H and O–H groups in total. The van der Waals surface area contributed by atoms with E-state index >= 15 is 0 Å². The Morgan fingerprint density at radius 3 is 2.15 bits per heavy atom. The number of aliphatic hydroxyl groups excluding tert-OH is 1. The van der Waals surface area contributed by atoms with Crippen LogP contribution in [0.25, 0.3) is 0 Å². The van der Waals surface area contributed by atoms with E-state index in [1.165, 1.54) is 0 Å². The molecule has 1 aliphatic heterocycles. The molecule has 1 heterocycles. The third-order valence-corrected chi connectivity index (χ3v) is 3.20. The third-order valence-electron chi connectivity index (χ3n) is 3.20. The molecule has 5 heteroatoms. The van der Waals surface area contributed by atoms with Gasteiger partial charge in [-0.2, -0.15) is 0 Å². The molecule has 1 saturated heterocycles. The van der Waals surface area contributed by atoms with Gasteiger partial charge in [-0.05, 0) is 34.6 Å². The summed E-state index contributed by atoms with van der Waals surface area (Å²) in [5, 5.41) is 8.79. The second-order valence-corrected chi connectivity index (χ2v) is 6.47. The molecule has 1 amide bonds. The van der Waals surface area contributed by atoms with Gasteiger partial charge >= 0.3 is 6.09 Å². The molecule has 0 aromatic carbocycles. The van der Waals surface area contributed by atoms with Gasteiger partial charge in [-0.3, -0.25) is 4.90 Å². The topological polar surface area (TPSA) is 53.0 Å². The number of aliphatic hydroxyl groups is 1. The molecule has 0 atom stereocenters. The lowest BCUT2D eigenvalue weighted by molar-refractivity contribution is 0.00781. The summed E-state index contributed by atoms with van der Waals surface area (Å²) in [4.78, 5) is 15.9. The number of rotatable bonds is 1. The minimum atomic E-state index is -0.458. The summed E-state index contributed by atoms with van der Waals surface area (Å²) in [6.45, 7) is 12.3. The van der Waals surface area contributed by atoms with Crippen LogP contribution < -0.4 is 0 Å². The van der Waals surface area contributed by atoms with E-state index in [0.29, 0.717) is 13.1 Å². The second kappa shape index (κ2) is 6.47. The second-order valence-electron chi connectivity index (χ2n) is 6.47. The van der Waals surface area contributed by atoms with E-state index in [9.17, 15) is 4.79 Å². The maximum absolute atomic E-state index is 12.0. The van der Waals surface area contributed by atoms with E-state index in [2.05, 4.69) is 16.7 Å². The van der Waals surface area contributed by atoms with E-state index in [1.54, 1.807) is 4.90 Å². The average molecular weight is 282 g/mol. The van der Waals surface area contributed by atoms with Crippen LogP contribution in [-0.2, 0) is 4.74 Å². The summed E-state index contributed by atoms with van der Waals surface area (Å²) in [6.07, 6.45) is -0.253. The van der Waals surface area contributed by atoms with Gasteiger partial charge < -0.3 is 14.7 Å². The van der Waals surface area contributed by atoms with Crippen molar-refractivity contribution in [2.75, 3.05) is 32.8 Å². The Morgan fingerprint density at radius 2 is 1.70 bits per heavy atom. The molecule has 0 bridgehead atoms. The highest BCUT2D eigenvalue weighted by Crippen LogP contribution is 2.17. The number of amides is 1. The van der Waals surface area contributed by atoms with Gasteiger partial charge in [-0.1, -0.05) is 11.8 Å². The van der Waals surface area contributed by atoms with Gasteiger partial charge in [-0.25, -0.2) is 4.79 Å². The first-order valence-electron chi connectivity index (χ1n) is 6.99. The van der Waals surface area contributed by atoms with Crippen molar-refractivity contribution in [2.24, 2.45) is 0 Å². The standard InChI is InChI=1S/C15H26N2O3/c1-14(2,3)20-13(19)16-8-10-17(11-9-16)15(4,5)7-6-12-18/h18H,8-12H2,1-5H3. The Morgan fingerprint density at radius 1 is 1.15 bits per heavy atom. The maximum atomic E-state index is 12.0. The molecule has 20 heavy (non-hydrogen) atoms. The van der Waals surface area contributed by atoms with Crippen LogP contribution in [0.4, 0.5) is 4.79 Å². The van der Waals surface area contributed by atoms with Crippen LogP contribution in [0.3, 0.4) is 0 Å². The van der Waals surface area contributed by atoms with Gasteiger partial charge in [0.25, 0.3) is 0 Å². The van der Waals surface area contributed by atoms with Crippen LogP contribution in [0.1, 0.15) is 34.6 Å². The van der Waals surface area contributed by atoms with Crippen molar-refractivity contribution in [3.05, 3.63) is 0 Å². The van der Waals surface area contributed by atoms with Crippen molar-refractivity contribution in [3.63, 3.8) is 0 Å². The fourth-order valence-electron chi connectivity index (χ4n) is 2.11. The minimum absolute atomic E-state index is 0.124. The number of hydrogen-bond donors (Lipinski definition) is 1. The summed E-state index contributed by atoms with van der Waals surface area (Å²) >= 11 is 0. The minimum Gasteiger partial charge on any atom is -0.444 e. The van der Waals surface area contributed by atoms with E-state index in [1.807, 2.05) is 34.6 Å². The zero-order chi connectivity index (χ0) is 15.4. The van der Waals surface area contributed by atoms with Crippen LogP contribution in [-0.4, -0.2) is 64.9 Å². The molecule has 0 radical (unpaired) electrons. The van der Waals surface area contributed by atoms with Gasteiger partial charge in [0, 0.05) is 26.2 Å². The SMILES string of the molecule is CC(C)(C)OC(=O)N1CCN(C(C)(C)C#CCO)CC1. The molecule has 0 spiro atoms. The molecule has 0 saturated carbocycles. The normalized spacial score (nSPS) is 17.4. The molecule has 1 rings (SSSR count). The van der Waals surface area contributed by atoms with E-state index in [4.69, 9.17) is 9.84 Å². The highest BCUT2D eigenvalue weighted by Gasteiger charge is 2.31. The molecule has 0 aromatic heterocycles. The first-order chi connectivity index (χ1) is 9.15. The molecular weight excluding hydrogens is 256 g/mol. The monoisotopic (exact) mass is 282 g/mol. The van der Waals surface area contributed by atoms with Crippen LogP contribution in [0.2, 0.25) is 0 Å². The first kappa shape index (κ1) is 16.8. The molecule has 0 aliphatic carbocycles. The van der Waals surface area contributed by atoms with Gasteiger partial charge in [0.15, 0.2) is 0 Å². The molecule has 0 unspecified atom stereocenters. The van der Waals surface area contributed by atoms with Crippen LogP contribution in [0, 0.1) is 11.8 Å². The van der Waals surface area contributed by atoms with Crippen LogP contribution in [0.5, 0.6) is 0 Å². The van der Waals surface area contributed by atoms with Crippen molar-refractivity contribution in [2.45, 2.75) is 45.8 Å². The van der Waals surface area contributed by atoms with E-state index in [0.717, 1.165) is 13.1 Å². The predicted molar refractivity (Wildman–Crippen MR) is 78.3 cm³/mol. The number of carbonyl (C=O) groups is 1. The zero-order valence-corrected chi connectivity index (χ0v) is 13.2. The van der Waals surface area contributed by atoms with Gasteiger partial charge in [0.2, 0.25) is 0 Å². The maximum Gasteiger partial charge on any atom is 0.410 e. The van der Waals surface area contributed by atoms with Crippen molar-refractivity contribution >= 4 is 6.09 Å². The van der Waals surface area contributed by atoms with Crippen molar-refractivity contribution in [3.8, 4) is 11.8 Å². The number of piperazine rings is 1. The Hall–Kier alpha value is -1.25. The van der Waals surface area contributed by atoms with E-state index < -0.39 is 5.60 Å². The molecule has 114 valence electrons. The number of ether oxygens (including phenoxy) is 1. The quantitative estimate of drug-likeness (QED) is 0.737. The van der Waals surface area contributed by atoms with Gasteiger partial charge in [0.05, 0.1) is 5.54 Å². The molecule has 1 aliphatic rings. The Labute approximate surface area is 121 Å². The lowest BCUT2D eigenvalue weighted by Crippen LogP contribution is -2.55. The lowest BCUT2D eigenvalue weighted by atomic mass is 10.0. The lowest BCUT2D eigenvalue weighted by Gasteiger charge is -2.41. The molecular formula is C15H26N2O3. The molecule has 0 aromatic rings. The van der Waals surface area contributed by atoms with Gasteiger partial charge in [-0.15, -0.1) is 0 Å². The summed E-state index contributed by atoms with van der Waals surface area (Å²) < 4.78 is 5.37. The highest BCUT2D eigenvalue weighted by atomic mass is 16.6. The average Bonchev–Trinajstić information content (AvgIpc) is 2.34. The Balaban J connectivity index is 2.53. The van der Waals surface area contributed by atoms with Crippen molar-refractivity contribution in [1.29, 1.82) is 0 Å². The van der Waals surface area contributed by atoms with Crippen LogP contribution in [0.15, 0.2) is 0 Å². The Kier molecular flexibility index (Phi) is 5.43. The van der Waals surface area contributed by atoms with E-state index in [-0.39, 0.29) is 18.2 Å². The first-order valence-corrected chi connectivity index (χ1v) is 6.99. The number of hydrogen-bond acceptors (Lipinski definition) is 4. The van der Waals surface area contributed by atoms with Crippen molar-refractivity contribution < 1.29 is 14.6 Å². The largest absolute Gasteiger partial charge is 0.444 e. The predicted octanol–water partition coefficient (Wildman–Crippen LogP) is 1.31. The summed E-state index contributed by atoms with van der Waals surface area (Å²) in [5.74, 6) is 5.76. The zero-order valence-electron chi connectivity index (χ0n) is 13.2. The van der Waals surface area contributed by atoms with Gasteiger partial charge in [0.1, 0.15) is 12.2 Å². The highest BCUT2D eigenvalue weighted by molar-refractivity contribution is 5.68. The third kappa shape index (κ3) is 5.03.